The first kappa shape index (κ1) is 41.5. The van der Waals surface area contributed by atoms with Crippen LogP contribution in [0.5, 0.6) is 23.0 Å². The number of rotatable bonds is 14. The van der Waals surface area contributed by atoms with Gasteiger partial charge in [-0.1, -0.05) is 12.1 Å². The zero-order valence-electron chi connectivity index (χ0n) is 29.2. The SMILES string of the molecule is COc1cc(C=CC(=O)OC[C@H]2O[C@@H](OCCc3ccc(O)c(O)c3)[C@H](O[C@@H]3OC[C@](O)(CO)[C@@H]3O)[C@@H](O[C@@H]3O[C@@H](C)[C@H](O)[C@@H](O)[C@H]3O)[C@@H]2O)ccc1O. The Bertz CT molecular complexity index is 1590. The van der Waals surface area contributed by atoms with E-state index in [2.05, 4.69) is 0 Å². The highest BCUT2D eigenvalue weighted by Gasteiger charge is 2.55. The quantitative estimate of drug-likeness (QED) is 0.0552. The van der Waals surface area contributed by atoms with Gasteiger partial charge in [0.05, 0.1) is 33.0 Å². The second kappa shape index (κ2) is 17.9. The number of methoxy groups -OCH3 is 1. The van der Waals surface area contributed by atoms with Crippen LogP contribution in [0, 0.1) is 0 Å². The molecular weight excluding hydrogens is 724 g/mol. The van der Waals surface area contributed by atoms with Crippen LogP contribution in [0.2, 0.25) is 0 Å². The second-order valence-corrected chi connectivity index (χ2v) is 13.1. The summed E-state index contributed by atoms with van der Waals surface area (Å²) in [7, 11) is 1.36. The number of esters is 1. The number of carbonyl (C=O) groups is 1. The van der Waals surface area contributed by atoms with Crippen molar-refractivity contribution in [3.63, 3.8) is 0 Å². The minimum atomic E-state index is -2.12. The van der Waals surface area contributed by atoms with E-state index in [0.29, 0.717) is 11.1 Å². The molecule has 0 saturated carbocycles. The molecule has 3 aliphatic rings. The Morgan fingerprint density at radius 2 is 1.59 bits per heavy atom. The molecule has 0 spiro atoms. The minimum absolute atomic E-state index is 0.109. The first-order valence-electron chi connectivity index (χ1n) is 17.0. The van der Waals surface area contributed by atoms with Gasteiger partial charge in [0, 0.05) is 6.08 Å². The zero-order chi connectivity index (χ0) is 39.3. The summed E-state index contributed by atoms with van der Waals surface area (Å²) in [6, 6.07) is 8.45. The highest BCUT2D eigenvalue weighted by molar-refractivity contribution is 5.87. The predicted octanol–water partition coefficient (Wildman–Crippen LogP) is -2.25. The van der Waals surface area contributed by atoms with Crippen LogP contribution in [0.15, 0.2) is 42.5 Å². The average molecular weight is 771 g/mol. The Labute approximate surface area is 308 Å². The van der Waals surface area contributed by atoms with Gasteiger partial charge >= 0.3 is 5.97 Å². The third-order valence-corrected chi connectivity index (χ3v) is 9.31. The van der Waals surface area contributed by atoms with Gasteiger partial charge in [-0.05, 0) is 54.8 Å². The van der Waals surface area contributed by atoms with Crippen molar-refractivity contribution < 1.29 is 93.8 Å². The lowest BCUT2D eigenvalue weighted by molar-refractivity contribution is -0.375. The Kier molecular flexibility index (Phi) is 13.7. The monoisotopic (exact) mass is 770 g/mol. The highest BCUT2D eigenvalue weighted by Crippen LogP contribution is 2.35. The number of hydrogen-bond acceptors (Lipinski definition) is 19. The van der Waals surface area contributed by atoms with E-state index in [1.165, 1.54) is 56.5 Å². The van der Waals surface area contributed by atoms with E-state index >= 15 is 0 Å². The molecule has 19 nitrogen and oxygen atoms in total. The topological polar surface area (TPSA) is 293 Å². The number of aliphatic hydroxyl groups excluding tert-OH is 6. The summed E-state index contributed by atoms with van der Waals surface area (Å²) in [6.45, 7) is -0.830. The van der Waals surface area contributed by atoms with Crippen molar-refractivity contribution in [1.82, 2.24) is 0 Å². The molecule has 13 atom stereocenters. The van der Waals surface area contributed by atoms with Gasteiger partial charge in [0.25, 0.3) is 0 Å². The predicted molar refractivity (Wildman–Crippen MR) is 179 cm³/mol. The third kappa shape index (κ3) is 9.40. The van der Waals surface area contributed by atoms with Crippen molar-refractivity contribution >= 4 is 12.0 Å². The number of carbonyl (C=O) groups excluding carboxylic acids is 1. The normalized spacial score (nSPS) is 35.6. The van der Waals surface area contributed by atoms with Crippen LogP contribution in [0.25, 0.3) is 6.08 Å². The van der Waals surface area contributed by atoms with Gasteiger partial charge in [-0.3, -0.25) is 0 Å². The molecular formula is C35H46O19. The fourth-order valence-electron chi connectivity index (χ4n) is 6.00. The molecule has 3 heterocycles. The number of benzene rings is 2. The molecule has 54 heavy (non-hydrogen) atoms. The standard InChI is InChI=1S/C35H46O19/c1-16-25(41)27(43)28(44)32(51-16)53-29-26(42)23(13-49-24(40)8-5-17-4-7-20(38)22(12-17)47-2)52-33(48-10-9-18-3-6-19(37)21(39)11-18)30(29)54-34-31(45)35(46,14-36)15-50-34/h3-8,11-12,16,23,25-34,36-39,41-46H,9-10,13-15H2,1-2H3/t16-,23+,25-,26+,27+,28+,29-,30+,31+,32-,33+,34-,35+/m0/s1. The van der Waals surface area contributed by atoms with Gasteiger partial charge in [0.15, 0.2) is 41.9 Å². The average Bonchev–Trinajstić information content (AvgIpc) is 3.44. The van der Waals surface area contributed by atoms with E-state index in [1.807, 2.05) is 0 Å². The van der Waals surface area contributed by atoms with Crippen LogP contribution in [0.1, 0.15) is 18.1 Å². The third-order valence-electron chi connectivity index (χ3n) is 9.31. The second-order valence-electron chi connectivity index (χ2n) is 13.1. The van der Waals surface area contributed by atoms with Crippen molar-refractivity contribution in [3.8, 4) is 23.0 Å². The Balaban J connectivity index is 1.40. The molecule has 0 unspecified atom stereocenters. The Morgan fingerprint density at radius 1 is 0.870 bits per heavy atom. The molecule has 0 aliphatic carbocycles. The molecule has 0 aromatic heterocycles. The molecule has 5 rings (SSSR count). The summed E-state index contributed by atoms with van der Waals surface area (Å²) in [6.07, 6.45) is -16.8. The smallest absolute Gasteiger partial charge is 0.330 e. The number of aliphatic hydroxyl groups is 7. The summed E-state index contributed by atoms with van der Waals surface area (Å²) in [4.78, 5) is 12.8. The van der Waals surface area contributed by atoms with E-state index in [-0.39, 0.29) is 36.0 Å². The van der Waals surface area contributed by atoms with E-state index < -0.39 is 105 Å². The molecule has 2 aromatic rings. The molecule has 3 saturated heterocycles. The van der Waals surface area contributed by atoms with Gasteiger partial charge in [-0.2, -0.15) is 0 Å². The van der Waals surface area contributed by atoms with Crippen molar-refractivity contribution in [2.45, 2.75) is 92.8 Å². The molecule has 0 bridgehead atoms. The van der Waals surface area contributed by atoms with Crippen LogP contribution in [-0.2, 0) is 44.4 Å². The molecule has 300 valence electrons. The van der Waals surface area contributed by atoms with Crippen LogP contribution >= 0.6 is 0 Å². The molecule has 3 fully saturated rings. The van der Waals surface area contributed by atoms with Crippen LogP contribution in [-0.4, -0.2) is 170 Å². The zero-order valence-corrected chi connectivity index (χ0v) is 29.2. The van der Waals surface area contributed by atoms with Crippen LogP contribution < -0.4 is 4.74 Å². The first-order chi connectivity index (χ1) is 25.6. The maximum atomic E-state index is 12.8. The van der Waals surface area contributed by atoms with Crippen molar-refractivity contribution in [2.75, 3.05) is 33.5 Å². The van der Waals surface area contributed by atoms with E-state index in [9.17, 15) is 55.9 Å². The van der Waals surface area contributed by atoms with Crippen LogP contribution in [0.3, 0.4) is 0 Å². The lowest BCUT2D eigenvalue weighted by atomic mass is 9.96. The lowest BCUT2D eigenvalue weighted by Gasteiger charge is -2.47. The number of aromatic hydroxyl groups is 3. The van der Waals surface area contributed by atoms with E-state index in [1.54, 1.807) is 0 Å². The number of phenolic OH excluding ortho intramolecular Hbond substituents is 3. The van der Waals surface area contributed by atoms with E-state index in [0.717, 1.165) is 6.08 Å². The van der Waals surface area contributed by atoms with Gasteiger partial charge < -0.3 is 89.0 Å². The van der Waals surface area contributed by atoms with Crippen molar-refractivity contribution in [3.05, 3.63) is 53.6 Å². The Hall–Kier alpha value is -3.67. The lowest BCUT2D eigenvalue weighted by Crippen LogP contribution is -2.65. The number of ether oxygens (including phenoxy) is 8. The van der Waals surface area contributed by atoms with Crippen molar-refractivity contribution in [2.24, 2.45) is 0 Å². The molecule has 10 N–H and O–H groups in total. The Morgan fingerprint density at radius 3 is 2.28 bits per heavy atom. The summed E-state index contributed by atoms with van der Waals surface area (Å²) in [5.41, 5.74) is -1.12. The van der Waals surface area contributed by atoms with Crippen LogP contribution in [0.4, 0.5) is 0 Å². The van der Waals surface area contributed by atoms with Gasteiger partial charge in [-0.15, -0.1) is 0 Å². The summed E-state index contributed by atoms with van der Waals surface area (Å²) >= 11 is 0. The van der Waals surface area contributed by atoms with Crippen molar-refractivity contribution in [1.29, 1.82) is 0 Å². The summed E-state index contributed by atoms with van der Waals surface area (Å²) < 4.78 is 45.5. The molecule has 19 heteroatoms. The van der Waals surface area contributed by atoms with Gasteiger partial charge in [0.1, 0.15) is 61.0 Å². The fourth-order valence-corrected chi connectivity index (χ4v) is 6.00. The molecule has 0 amide bonds. The maximum Gasteiger partial charge on any atom is 0.330 e. The fraction of sp³-hybridized carbons (Fsp3) is 0.571. The number of hydrogen-bond donors (Lipinski definition) is 10. The molecule has 3 aliphatic heterocycles. The largest absolute Gasteiger partial charge is 0.504 e. The molecule has 0 radical (unpaired) electrons. The molecule has 2 aromatic carbocycles. The summed E-state index contributed by atoms with van der Waals surface area (Å²) in [5, 5.41) is 104. The van der Waals surface area contributed by atoms with Gasteiger partial charge in [0.2, 0.25) is 0 Å². The van der Waals surface area contributed by atoms with E-state index in [4.69, 9.17) is 37.9 Å². The summed E-state index contributed by atoms with van der Waals surface area (Å²) in [5.74, 6) is -1.54. The number of phenols is 3. The van der Waals surface area contributed by atoms with Gasteiger partial charge in [-0.25, -0.2) is 4.79 Å². The minimum Gasteiger partial charge on any atom is -0.504 e. The first-order valence-corrected chi connectivity index (χ1v) is 17.0. The highest BCUT2D eigenvalue weighted by atomic mass is 16.8. The maximum absolute atomic E-state index is 12.8.